The average Bonchev–Trinajstić information content (AvgIpc) is 2.99. The van der Waals surface area contributed by atoms with Crippen molar-refractivity contribution in [2.24, 2.45) is 0 Å². The molecule has 5 nitrogen and oxygen atoms in total. The highest BCUT2D eigenvalue weighted by Crippen LogP contribution is 2.15. The van der Waals surface area contributed by atoms with Gasteiger partial charge in [-0.1, -0.05) is 48.5 Å². The van der Waals surface area contributed by atoms with Crippen LogP contribution in [-0.2, 0) is 11.2 Å². The first-order valence-electron chi connectivity index (χ1n) is 7.29. The third-order valence-electron chi connectivity index (χ3n) is 3.66. The first-order valence-corrected chi connectivity index (χ1v) is 7.29. The highest BCUT2D eigenvalue weighted by Gasteiger charge is 2.21. The van der Waals surface area contributed by atoms with Crippen molar-refractivity contribution in [1.29, 1.82) is 0 Å². The number of fused-ring (bicyclic) bond motifs is 1. The van der Waals surface area contributed by atoms with Crippen molar-refractivity contribution >= 4 is 22.8 Å². The Morgan fingerprint density at radius 2 is 1.74 bits per heavy atom. The van der Waals surface area contributed by atoms with Crippen molar-refractivity contribution in [3.05, 3.63) is 71.9 Å². The maximum atomic E-state index is 12.3. The van der Waals surface area contributed by atoms with Crippen LogP contribution in [0.15, 0.2) is 60.7 Å². The van der Waals surface area contributed by atoms with E-state index in [1.165, 1.54) is 0 Å². The van der Waals surface area contributed by atoms with Gasteiger partial charge in [0.15, 0.2) is 0 Å². The van der Waals surface area contributed by atoms with Crippen molar-refractivity contribution in [3.63, 3.8) is 0 Å². The molecule has 0 fully saturated rings. The van der Waals surface area contributed by atoms with Gasteiger partial charge in [-0.15, -0.1) is 0 Å². The second-order valence-corrected chi connectivity index (χ2v) is 5.32. The molecule has 1 amide bonds. The quantitative estimate of drug-likeness (QED) is 0.677. The molecule has 0 spiro atoms. The molecule has 0 aliphatic rings. The Kier molecular flexibility index (Phi) is 4.10. The number of benzene rings is 2. The first-order chi connectivity index (χ1) is 11.1. The van der Waals surface area contributed by atoms with Crippen LogP contribution in [0, 0.1) is 0 Å². The van der Waals surface area contributed by atoms with Crippen molar-refractivity contribution in [2.75, 3.05) is 0 Å². The van der Waals surface area contributed by atoms with E-state index in [0.717, 1.165) is 16.5 Å². The van der Waals surface area contributed by atoms with Crippen molar-refractivity contribution in [3.8, 4) is 0 Å². The highest BCUT2D eigenvalue weighted by molar-refractivity contribution is 5.99. The lowest BCUT2D eigenvalue weighted by Crippen LogP contribution is -2.42. The molecular weight excluding hydrogens is 292 g/mol. The summed E-state index contributed by atoms with van der Waals surface area (Å²) in [6.07, 6.45) is 0.238. The molecule has 1 heterocycles. The smallest absolute Gasteiger partial charge is 0.326 e. The van der Waals surface area contributed by atoms with Crippen molar-refractivity contribution < 1.29 is 14.7 Å². The average molecular weight is 308 g/mol. The molecule has 1 aromatic heterocycles. The summed E-state index contributed by atoms with van der Waals surface area (Å²) < 4.78 is 0. The van der Waals surface area contributed by atoms with E-state index in [1.54, 1.807) is 6.07 Å². The lowest BCUT2D eigenvalue weighted by Gasteiger charge is -2.14. The number of para-hydroxylation sites is 1. The number of aromatic nitrogens is 1. The van der Waals surface area contributed by atoms with Crippen LogP contribution in [-0.4, -0.2) is 28.0 Å². The Labute approximate surface area is 133 Å². The molecule has 0 aliphatic carbocycles. The van der Waals surface area contributed by atoms with Gasteiger partial charge in [0.2, 0.25) is 0 Å². The number of hydrogen-bond acceptors (Lipinski definition) is 2. The van der Waals surface area contributed by atoms with Crippen LogP contribution < -0.4 is 5.32 Å². The largest absolute Gasteiger partial charge is 0.480 e. The molecule has 3 N–H and O–H groups in total. The standard InChI is InChI=1S/C18H16N2O3/c21-17(15-11-13-8-4-5-9-14(13)19-15)20-16(18(22)23)10-12-6-2-1-3-7-12/h1-9,11,16,19H,10H2,(H,20,21)(H,22,23)/t16-/m0/s1. The predicted molar refractivity (Wildman–Crippen MR) is 87.3 cm³/mol. The predicted octanol–water partition coefficient (Wildman–Crippen LogP) is 2.59. The molecule has 0 aliphatic heterocycles. The SMILES string of the molecule is O=C(N[C@@H](Cc1ccccc1)C(=O)O)c1cc2ccccc2[nH]1. The van der Waals surface area contributed by atoms with Gasteiger partial charge in [0, 0.05) is 17.3 Å². The molecule has 0 saturated carbocycles. The number of nitrogens with one attached hydrogen (secondary N) is 2. The number of carboxylic acid groups (broad SMARTS) is 1. The van der Waals surface area contributed by atoms with Crippen LogP contribution >= 0.6 is 0 Å². The summed E-state index contributed by atoms with van der Waals surface area (Å²) >= 11 is 0. The van der Waals surface area contributed by atoms with Gasteiger partial charge in [-0.3, -0.25) is 4.79 Å². The first kappa shape index (κ1) is 14.8. The second-order valence-electron chi connectivity index (χ2n) is 5.32. The second kappa shape index (κ2) is 6.36. The number of aromatic amines is 1. The van der Waals surface area contributed by atoms with E-state index >= 15 is 0 Å². The Morgan fingerprint density at radius 1 is 1.04 bits per heavy atom. The summed E-state index contributed by atoms with van der Waals surface area (Å²) in [6, 6.07) is 17.5. The summed E-state index contributed by atoms with van der Waals surface area (Å²) in [5.74, 6) is -1.48. The topological polar surface area (TPSA) is 82.2 Å². The Balaban J connectivity index is 1.76. The van der Waals surface area contributed by atoms with E-state index < -0.39 is 17.9 Å². The molecule has 3 aromatic rings. The Bertz CT molecular complexity index is 807. The minimum absolute atomic E-state index is 0.238. The maximum Gasteiger partial charge on any atom is 0.326 e. The van der Waals surface area contributed by atoms with E-state index in [0.29, 0.717) is 5.69 Å². The molecule has 0 unspecified atom stereocenters. The number of H-pyrrole nitrogens is 1. The van der Waals surface area contributed by atoms with Gasteiger partial charge in [-0.2, -0.15) is 0 Å². The van der Waals surface area contributed by atoms with Gasteiger partial charge in [-0.25, -0.2) is 4.79 Å². The van der Waals surface area contributed by atoms with E-state index in [9.17, 15) is 14.7 Å². The van der Waals surface area contributed by atoms with Crippen LogP contribution in [0.25, 0.3) is 10.9 Å². The van der Waals surface area contributed by atoms with Crippen LogP contribution in [0.1, 0.15) is 16.1 Å². The van der Waals surface area contributed by atoms with E-state index in [4.69, 9.17) is 0 Å². The molecule has 116 valence electrons. The van der Waals surface area contributed by atoms with Gasteiger partial charge in [0.1, 0.15) is 11.7 Å². The van der Waals surface area contributed by atoms with E-state index in [1.807, 2.05) is 54.6 Å². The minimum atomic E-state index is -1.06. The zero-order valence-electron chi connectivity index (χ0n) is 12.3. The highest BCUT2D eigenvalue weighted by atomic mass is 16.4. The number of carbonyl (C=O) groups excluding carboxylic acids is 1. The number of carbonyl (C=O) groups is 2. The maximum absolute atomic E-state index is 12.3. The van der Waals surface area contributed by atoms with Crippen LogP contribution in [0.4, 0.5) is 0 Å². The molecule has 0 bridgehead atoms. The fraction of sp³-hybridized carbons (Fsp3) is 0.111. The lowest BCUT2D eigenvalue weighted by atomic mass is 10.1. The van der Waals surface area contributed by atoms with Gasteiger partial charge in [0.05, 0.1) is 0 Å². The van der Waals surface area contributed by atoms with Gasteiger partial charge in [-0.05, 0) is 17.7 Å². The number of rotatable bonds is 5. The third-order valence-corrected chi connectivity index (χ3v) is 3.66. The summed E-state index contributed by atoms with van der Waals surface area (Å²) in [5.41, 5.74) is 2.05. The molecule has 2 aromatic carbocycles. The minimum Gasteiger partial charge on any atom is -0.480 e. The normalized spacial score (nSPS) is 12.0. The fourth-order valence-electron chi connectivity index (χ4n) is 2.48. The lowest BCUT2D eigenvalue weighted by molar-refractivity contribution is -0.139. The summed E-state index contributed by atoms with van der Waals surface area (Å²) in [6.45, 7) is 0. The van der Waals surface area contributed by atoms with Crippen LogP contribution in [0.2, 0.25) is 0 Å². The zero-order chi connectivity index (χ0) is 16.2. The number of aliphatic carboxylic acids is 1. The van der Waals surface area contributed by atoms with Crippen LogP contribution in [0.3, 0.4) is 0 Å². The van der Waals surface area contributed by atoms with E-state index in [-0.39, 0.29) is 6.42 Å². The summed E-state index contributed by atoms with van der Waals surface area (Å²) in [5, 5.41) is 12.8. The Morgan fingerprint density at radius 3 is 2.43 bits per heavy atom. The van der Waals surface area contributed by atoms with Gasteiger partial charge in [0.25, 0.3) is 5.91 Å². The molecule has 3 rings (SSSR count). The van der Waals surface area contributed by atoms with Gasteiger partial charge < -0.3 is 15.4 Å². The van der Waals surface area contributed by atoms with Crippen molar-refractivity contribution in [1.82, 2.24) is 10.3 Å². The van der Waals surface area contributed by atoms with Crippen LogP contribution in [0.5, 0.6) is 0 Å². The fourth-order valence-corrected chi connectivity index (χ4v) is 2.48. The number of amides is 1. The number of carboxylic acids is 1. The van der Waals surface area contributed by atoms with E-state index in [2.05, 4.69) is 10.3 Å². The summed E-state index contributed by atoms with van der Waals surface area (Å²) in [4.78, 5) is 26.7. The third kappa shape index (κ3) is 3.40. The molecule has 1 atom stereocenters. The molecule has 0 radical (unpaired) electrons. The van der Waals surface area contributed by atoms with Gasteiger partial charge >= 0.3 is 5.97 Å². The molecule has 0 saturated heterocycles. The summed E-state index contributed by atoms with van der Waals surface area (Å²) in [7, 11) is 0. The zero-order valence-corrected chi connectivity index (χ0v) is 12.3. The Hall–Kier alpha value is -3.08. The van der Waals surface area contributed by atoms with Crippen molar-refractivity contribution in [2.45, 2.75) is 12.5 Å². The molecule has 23 heavy (non-hydrogen) atoms. The molecular formula is C18H16N2O3. The monoisotopic (exact) mass is 308 g/mol. The number of hydrogen-bond donors (Lipinski definition) is 3. The molecule has 5 heteroatoms.